The second-order valence-corrected chi connectivity index (χ2v) is 6.29. The molecule has 1 saturated heterocycles. The van der Waals surface area contributed by atoms with Gasteiger partial charge in [-0.15, -0.1) is 0 Å². The van der Waals surface area contributed by atoms with Crippen molar-refractivity contribution in [3.05, 3.63) is 0 Å². The Labute approximate surface area is 136 Å². The zero-order valence-corrected chi connectivity index (χ0v) is 14.9. The van der Waals surface area contributed by atoms with E-state index >= 15 is 0 Å². The van der Waals surface area contributed by atoms with Crippen molar-refractivity contribution in [2.45, 2.75) is 46.0 Å². The summed E-state index contributed by atoms with van der Waals surface area (Å²) in [6.07, 6.45) is 6.22. The zero-order valence-electron chi connectivity index (χ0n) is 14.9. The number of hydrogen-bond acceptors (Lipinski definition) is 3. The maximum Gasteiger partial charge on any atom is 0.191 e. The molecule has 1 heterocycles. The summed E-state index contributed by atoms with van der Waals surface area (Å²) in [5.41, 5.74) is 0. The third kappa shape index (κ3) is 9.26. The summed E-state index contributed by atoms with van der Waals surface area (Å²) in [6.45, 7) is 11.8. The number of nitrogens with one attached hydrogen (secondary N) is 2. The molecule has 0 bridgehead atoms. The Morgan fingerprint density at radius 2 is 2.14 bits per heavy atom. The van der Waals surface area contributed by atoms with Crippen LogP contribution in [0.1, 0.15) is 46.0 Å². The Bertz CT molecular complexity index is 296. The molecule has 130 valence electrons. The molecule has 1 fully saturated rings. The highest BCUT2D eigenvalue weighted by molar-refractivity contribution is 5.79. The fourth-order valence-corrected chi connectivity index (χ4v) is 2.90. The number of unbranched alkanes of at least 4 members (excludes halogenated alkanes) is 1. The van der Waals surface area contributed by atoms with Crippen LogP contribution in [0.2, 0.25) is 0 Å². The van der Waals surface area contributed by atoms with Gasteiger partial charge in [-0.05, 0) is 58.0 Å². The molecule has 0 aliphatic carbocycles. The van der Waals surface area contributed by atoms with Gasteiger partial charge in [-0.1, -0.05) is 6.92 Å². The van der Waals surface area contributed by atoms with Crippen LogP contribution in [0.5, 0.6) is 0 Å². The molecule has 5 nitrogen and oxygen atoms in total. The van der Waals surface area contributed by atoms with Gasteiger partial charge in [-0.2, -0.15) is 0 Å². The quantitative estimate of drug-likeness (QED) is 0.368. The number of ether oxygens (including phenoxy) is 1. The molecule has 0 saturated carbocycles. The van der Waals surface area contributed by atoms with E-state index in [4.69, 9.17) is 4.74 Å². The fourth-order valence-electron chi connectivity index (χ4n) is 2.90. The van der Waals surface area contributed by atoms with E-state index in [-0.39, 0.29) is 0 Å². The van der Waals surface area contributed by atoms with Gasteiger partial charge in [0.15, 0.2) is 5.96 Å². The topological polar surface area (TPSA) is 48.9 Å². The van der Waals surface area contributed by atoms with Gasteiger partial charge in [0.2, 0.25) is 0 Å². The number of likely N-dealkylation sites (tertiary alicyclic amines) is 1. The minimum absolute atomic E-state index is 0.775. The van der Waals surface area contributed by atoms with Gasteiger partial charge in [0.1, 0.15) is 0 Å². The summed E-state index contributed by atoms with van der Waals surface area (Å²) >= 11 is 0. The highest BCUT2D eigenvalue weighted by Crippen LogP contribution is 2.15. The Hall–Kier alpha value is -0.810. The molecule has 0 aromatic heterocycles. The van der Waals surface area contributed by atoms with Crippen molar-refractivity contribution in [1.29, 1.82) is 0 Å². The van der Waals surface area contributed by atoms with E-state index in [0.717, 1.165) is 44.5 Å². The predicted molar refractivity (Wildman–Crippen MR) is 94.5 cm³/mol. The number of rotatable bonds is 10. The summed E-state index contributed by atoms with van der Waals surface area (Å²) in [5, 5.41) is 6.72. The van der Waals surface area contributed by atoms with Crippen LogP contribution in [0, 0.1) is 5.92 Å². The summed E-state index contributed by atoms with van der Waals surface area (Å²) in [6, 6.07) is 0. The molecular weight excluding hydrogens is 276 g/mol. The first-order chi connectivity index (χ1) is 10.8. The average Bonchev–Trinajstić information content (AvgIpc) is 2.51. The van der Waals surface area contributed by atoms with E-state index in [1.807, 2.05) is 0 Å². The van der Waals surface area contributed by atoms with Crippen LogP contribution in [0.3, 0.4) is 0 Å². The van der Waals surface area contributed by atoms with Crippen LogP contribution in [0.25, 0.3) is 0 Å². The lowest BCUT2D eigenvalue weighted by atomic mass is 10.0. The van der Waals surface area contributed by atoms with E-state index in [1.165, 1.54) is 45.3 Å². The number of guanidine groups is 1. The molecule has 0 aromatic rings. The Kier molecular flexibility index (Phi) is 11.1. The van der Waals surface area contributed by atoms with Crippen molar-refractivity contribution in [3.8, 4) is 0 Å². The minimum Gasteiger partial charge on any atom is -0.385 e. The average molecular weight is 313 g/mol. The first-order valence-corrected chi connectivity index (χ1v) is 8.99. The molecule has 1 rings (SSSR count). The van der Waals surface area contributed by atoms with Gasteiger partial charge in [-0.3, -0.25) is 4.99 Å². The first-order valence-electron chi connectivity index (χ1n) is 8.99. The normalized spacial score (nSPS) is 20.1. The van der Waals surface area contributed by atoms with E-state index in [0.29, 0.717) is 0 Å². The summed E-state index contributed by atoms with van der Waals surface area (Å²) in [4.78, 5) is 7.18. The molecule has 22 heavy (non-hydrogen) atoms. The highest BCUT2D eigenvalue weighted by atomic mass is 16.5. The highest BCUT2D eigenvalue weighted by Gasteiger charge is 2.15. The molecular formula is C17H36N4O. The van der Waals surface area contributed by atoms with Crippen LogP contribution >= 0.6 is 0 Å². The van der Waals surface area contributed by atoms with E-state index < -0.39 is 0 Å². The van der Waals surface area contributed by atoms with Crippen molar-refractivity contribution in [3.63, 3.8) is 0 Å². The van der Waals surface area contributed by atoms with Gasteiger partial charge in [0.25, 0.3) is 0 Å². The van der Waals surface area contributed by atoms with Crippen LogP contribution in [-0.2, 0) is 4.74 Å². The molecule has 2 N–H and O–H groups in total. The van der Waals surface area contributed by atoms with Gasteiger partial charge in [0.05, 0.1) is 0 Å². The SMILES string of the molecule is CCNC(=NCCCOC)NCCCCN1CCCC(C)C1. The standard InChI is InChI=1S/C17H36N4O/c1-4-18-17(20-11-8-14-22-3)19-10-5-6-12-21-13-7-9-16(2)15-21/h16H,4-15H2,1-3H3,(H2,18,19,20). The monoisotopic (exact) mass is 312 g/mol. The second-order valence-electron chi connectivity index (χ2n) is 6.29. The lowest BCUT2D eigenvalue weighted by Crippen LogP contribution is -2.38. The molecule has 0 aromatic carbocycles. The van der Waals surface area contributed by atoms with Crippen molar-refractivity contribution in [2.24, 2.45) is 10.9 Å². The first kappa shape index (κ1) is 19.2. The van der Waals surface area contributed by atoms with E-state index in [1.54, 1.807) is 7.11 Å². The van der Waals surface area contributed by atoms with Crippen molar-refractivity contribution in [2.75, 3.05) is 53.0 Å². The molecule has 1 aliphatic heterocycles. The number of piperidine rings is 1. The minimum atomic E-state index is 0.775. The molecule has 5 heteroatoms. The lowest BCUT2D eigenvalue weighted by molar-refractivity contribution is 0.181. The third-order valence-corrected chi connectivity index (χ3v) is 4.06. The van der Waals surface area contributed by atoms with Gasteiger partial charge >= 0.3 is 0 Å². The fraction of sp³-hybridized carbons (Fsp3) is 0.941. The Morgan fingerprint density at radius 3 is 2.86 bits per heavy atom. The summed E-state index contributed by atoms with van der Waals surface area (Å²) < 4.78 is 5.05. The zero-order chi connectivity index (χ0) is 16.0. The van der Waals surface area contributed by atoms with Crippen LogP contribution in [0.15, 0.2) is 4.99 Å². The largest absolute Gasteiger partial charge is 0.385 e. The van der Waals surface area contributed by atoms with Crippen LogP contribution in [0.4, 0.5) is 0 Å². The van der Waals surface area contributed by atoms with E-state index in [2.05, 4.69) is 34.4 Å². The molecule has 0 amide bonds. The van der Waals surface area contributed by atoms with Gasteiger partial charge < -0.3 is 20.3 Å². The van der Waals surface area contributed by atoms with Crippen LogP contribution in [-0.4, -0.2) is 63.8 Å². The number of aliphatic imine (C=N–C) groups is 1. The number of hydrogen-bond donors (Lipinski definition) is 2. The van der Waals surface area contributed by atoms with Gasteiger partial charge in [0, 0.05) is 39.9 Å². The molecule has 1 unspecified atom stereocenters. The van der Waals surface area contributed by atoms with Gasteiger partial charge in [-0.25, -0.2) is 0 Å². The van der Waals surface area contributed by atoms with Crippen LogP contribution < -0.4 is 10.6 Å². The molecule has 0 radical (unpaired) electrons. The lowest BCUT2D eigenvalue weighted by Gasteiger charge is -2.30. The second kappa shape index (κ2) is 12.7. The van der Waals surface area contributed by atoms with Crippen molar-refractivity contribution < 1.29 is 4.74 Å². The van der Waals surface area contributed by atoms with Crippen molar-refractivity contribution >= 4 is 5.96 Å². The molecule has 1 aliphatic rings. The summed E-state index contributed by atoms with van der Waals surface area (Å²) in [7, 11) is 1.73. The number of methoxy groups -OCH3 is 1. The predicted octanol–water partition coefficient (Wildman–Crippen LogP) is 2.09. The van der Waals surface area contributed by atoms with Crippen molar-refractivity contribution in [1.82, 2.24) is 15.5 Å². The Morgan fingerprint density at radius 1 is 1.27 bits per heavy atom. The van der Waals surface area contributed by atoms with E-state index in [9.17, 15) is 0 Å². The third-order valence-electron chi connectivity index (χ3n) is 4.06. The number of nitrogens with zero attached hydrogens (tertiary/aromatic N) is 2. The molecule has 1 atom stereocenters. The summed E-state index contributed by atoms with van der Waals surface area (Å²) in [5.74, 6) is 1.82. The Balaban J connectivity index is 2.09. The maximum atomic E-state index is 5.05. The smallest absolute Gasteiger partial charge is 0.191 e. The maximum absolute atomic E-state index is 5.05. The molecule has 0 spiro atoms.